The molecule has 8 nitrogen and oxygen atoms in total. The molecule has 148 valence electrons. The second-order valence-corrected chi connectivity index (χ2v) is 10.1. The van der Waals surface area contributed by atoms with Crippen LogP contribution in [-0.2, 0) is 23.6 Å². The number of rotatable bonds is 5. The fraction of sp³-hybridized carbons (Fsp3) is 0.353. The van der Waals surface area contributed by atoms with Gasteiger partial charge in [0.05, 0.1) is 28.5 Å². The largest absolute Gasteiger partial charge is 0.278 e. The molecule has 2 aromatic heterocycles. The molecule has 0 radical (unpaired) electrons. The molecule has 0 unspecified atom stereocenters. The normalized spacial score (nSPS) is 15.9. The van der Waals surface area contributed by atoms with Crippen molar-refractivity contribution >= 4 is 48.5 Å². The lowest BCUT2D eigenvalue weighted by Gasteiger charge is -2.14. The quantitative estimate of drug-likeness (QED) is 0.559. The van der Waals surface area contributed by atoms with Crippen molar-refractivity contribution in [2.75, 3.05) is 0 Å². The van der Waals surface area contributed by atoms with E-state index in [0.29, 0.717) is 9.99 Å². The number of aryl methyl sites for hydroxylation is 1. The van der Waals surface area contributed by atoms with Crippen molar-refractivity contribution in [1.82, 2.24) is 24.1 Å². The first-order chi connectivity index (χ1) is 13.1. The van der Waals surface area contributed by atoms with Gasteiger partial charge >= 0.3 is 0 Å². The first-order valence-corrected chi connectivity index (χ1v) is 11.1. The monoisotopic (exact) mass is 485 g/mol. The second kappa shape index (κ2) is 6.65. The average Bonchev–Trinajstić information content (AvgIpc) is 3.17. The lowest BCUT2D eigenvalue weighted by Crippen LogP contribution is -2.34. The second-order valence-electron chi connectivity index (χ2n) is 7.26. The number of halogens is 2. The Morgan fingerprint density at radius 1 is 1.36 bits per heavy atom. The predicted molar refractivity (Wildman–Crippen MR) is 109 cm³/mol. The third-order valence-corrected chi connectivity index (χ3v) is 7.24. The zero-order chi connectivity index (χ0) is 20.3. The van der Waals surface area contributed by atoms with E-state index in [9.17, 15) is 13.2 Å². The van der Waals surface area contributed by atoms with Gasteiger partial charge in [-0.2, -0.15) is 5.10 Å². The van der Waals surface area contributed by atoms with Gasteiger partial charge in [0.1, 0.15) is 0 Å². The zero-order valence-corrected chi connectivity index (χ0v) is 18.3. The Morgan fingerprint density at radius 3 is 2.68 bits per heavy atom. The minimum absolute atomic E-state index is 0.00847. The standard InChI is InChI=1S/C17H17BrClN5O3S/c1-17(3-4-17)22-28(26,27)11-5-12-14(13(18)6-11)21-16(19)24(15(12)25)9-10-7-20-23(2)8-10/h5-8,22H,3-4,9H2,1-2H3. The van der Waals surface area contributed by atoms with Gasteiger partial charge < -0.3 is 0 Å². The van der Waals surface area contributed by atoms with E-state index in [1.807, 2.05) is 6.92 Å². The summed E-state index contributed by atoms with van der Waals surface area (Å²) in [7, 11) is -2.00. The highest BCUT2D eigenvalue weighted by atomic mass is 79.9. The van der Waals surface area contributed by atoms with Gasteiger partial charge in [-0.15, -0.1) is 0 Å². The van der Waals surface area contributed by atoms with Crippen molar-refractivity contribution in [1.29, 1.82) is 0 Å². The van der Waals surface area contributed by atoms with Crippen molar-refractivity contribution in [3.63, 3.8) is 0 Å². The minimum Gasteiger partial charge on any atom is -0.278 e. The molecule has 1 aromatic carbocycles. The van der Waals surface area contributed by atoms with E-state index in [1.165, 1.54) is 16.7 Å². The molecular weight excluding hydrogens is 470 g/mol. The van der Waals surface area contributed by atoms with Gasteiger partial charge in [0.25, 0.3) is 5.56 Å². The molecule has 2 heterocycles. The summed E-state index contributed by atoms with van der Waals surface area (Å²) in [6.07, 6.45) is 4.97. The van der Waals surface area contributed by atoms with E-state index >= 15 is 0 Å². The lowest BCUT2D eigenvalue weighted by atomic mass is 10.2. The van der Waals surface area contributed by atoms with Crippen LogP contribution in [0.4, 0.5) is 0 Å². The van der Waals surface area contributed by atoms with Gasteiger partial charge in [0, 0.05) is 28.8 Å². The van der Waals surface area contributed by atoms with Crippen molar-refractivity contribution in [3.8, 4) is 0 Å². The summed E-state index contributed by atoms with van der Waals surface area (Å²) in [6, 6.07) is 2.78. The number of hydrogen-bond acceptors (Lipinski definition) is 5. The molecule has 4 rings (SSSR count). The Bertz CT molecular complexity index is 1260. The van der Waals surface area contributed by atoms with Crippen LogP contribution in [0.1, 0.15) is 25.3 Å². The molecule has 11 heteroatoms. The number of sulfonamides is 1. The molecule has 1 aliphatic carbocycles. The topological polar surface area (TPSA) is 98.9 Å². The maximum absolute atomic E-state index is 13.1. The van der Waals surface area contributed by atoms with Crippen molar-refractivity contribution < 1.29 is 8.42 Å². The number of nitrogens with zero attached hydrogens (tertiary/aromatic N) is 4. The molecular formula is C17H17BrClN5O3S. The molecule has 0 aliphatic heterocycles. The van der Waals surface area contributed by atoms with Gasteiger partial charge in [-0.05, 0) is 59.4 Å². The van der Waals surface area contributed by atoms with E-state index in [0.717, 1.165) is 18.4 Å². The van der Waals surface area contributed by atoms with Crippen molar-refractivity contribution in [2.45, 2.75) is 36.7 Å². The minimum atomic E-state index is -3.77. The highest BCUT2D eigenvalue weighted by Crippen LogP contribution is 2.36. The molecule has 0 atom stereocenters. The molecule has 0 saturated heterocycles. The smallest absolute Gasteiger partial charge is 0.262 e. The van der Waals surface area contributed by atoms with Crippen LogP contribution in [0.3, 0.4) is 0 Å². The van der Waals surface area contributed by atoms with Crippen LogP contribution in [0.5, 0.6) is 0 Å². The molecule has 1 fully saturated rings. The zero-order valence-electron chi connectivity index (χ0n) is 15.1. The van der Waals surface area contributed by atoms with Gasteiger partial charge in [0.15, 0.2) is 0 Å². The van der Waals surface area contributed by atoms with Gasteiger partial charge in [0.2, 0.25) is 15.3 Å². The summed E-state index contributed by atoms with van der Waals surface area (Å²) in [5, 5.41) is 4.26. The SMILES string of the molecule is Cn1cc(Cn2c(Cl)nc3c(Br)cc(S(=O)(=O)NC4(C)CC4)cc3c2=O)cn1. The van der Waals surface area contributed by atoms with Gasteiger partial charge in [-0.3, -0.25) is 14.0 Å². The van der Waals surface area contributed by atoms with Gasteiger partial charge in [-0.25, -0.2) is 18.1 Å². The van der Waals surface area contributed by atoms with E-state index in [2.05, 4.69) is 30.7 Å². The molecule has 28 heavy (non-hydrogen) atoms. The summed E-state index contributed by atoms with van der Waals surface area (Å²) < 4.78 is 31.5. The fourth-order valence-corrected chi connectivity index (χ4v) is 5.37. The fourth-order valence-electron chi connectivity index (χ4n) is 2.93. The maximum Gasteiger partial charge on any atom is 0.262 e. The highest BCUT2D eigenvalue weighted by Gasteiger charge is 2.41. The summed E-state index contributed by atoms with van der Waals surface area (Å²) in [5.74, 6) is 0. The molecule has 1 N–H and O–H groups in total. The number of benzene rings is 1. The van der Waals surface area contributed by atoms with E-state index < -0.39 is 21.1 Å². The average molecular weight is 487 g/mol. The van der Waals surface area contributed by atoms with Crippen LogP contribution < -0.4 is 10.3 Å². The molecule has 0 spiro atoms. The predicted octanol–water partition coefficient (Wildman–Crippen LogP) is 2.43. The molecule has 0 amide bonds. The number of fused-ring (bicyclic) bond motifs is 1. The van der Waals surface area contributed by atoms with Crippen LogP contribution in [0.15, 0.2) is 38.7 Å². The summed E-state index contributed by atoms with van der Waals surface area (Å²) in [5.41, 5.74) is 0.251. The van der Waals surface area contributed by atoms with Crippen LogP contribution in [0, 0.1) is 0 Å². The molecule has 1 aliphatic rings. The Morgan fingerprint density at radius 2 is 2.07 bits per heavy atom. The maximum atomic E-state index is 13.1. The van der Waals surface area contributed by atoms with E-state index in [1.54, 1.807) is 24.1 Å². The van der Waals surface area contributed by atoms with Crippen molar-refractivity contribution in [2.24, 2.45) is 7.05 Å². The van der Waals surface area contributed by atoms with Crippen LogP contribution in [0.25, 0.3) is 10.9 Å². The molecule has 3 aromatic rings. The molecule has 0 bridgehead atoms. The lowest BCUT2D eigenvalue weighted by molar-refractivity contribution is 0.558. The summed E-state index contributed by atoms with van der Waals surface area (Å²) in [6.45, 7) is 2.03. The van der Waals surface area contributed by atoms with E-state index in [4.69, 9.17) is 11.6 Å². The molecule has 1 saturated carbocycles. The van der Waals surface area contributed by atoms with Crippen LogP contribution in [-0.4, -0.2) is 33.3 Å². The van der Waals surface area contributed by atoms with Crippen LogP contribution in [0.2, 0.25) is 5.28 Å². The first-order valence-electron chi connectivity index (χ1n) is 8.49. The van der Waals surface area contributed by atoms with E-state index in [-0.39, 0.29) is 22.1 Å². The highest BCUT2D eigenvalue weighted by molar-refractivity contribution is 9.10. The number of aromatic nitrogens is 4. The van der Waals surface area contributed by atoms with Crippen molar-refractivity contribution in [3.05, 3.63) is 50.2 Å². The Labute approximate surface area is 174 Å². The van der Waals surface area contributed by atoms with Crippen LogP contribution >= 0.6 is 27.5 Å². The summed E-state index contributed by atoms with van der Waals surface area (Å²) >= 11 is 9.56. The Hall–Kier alpha value is -1.75. The summed E-state index contributed by atoms with van der Waals surface area (Å²) in [4.78, 5) is 17.4. The number of hydrogen-bond donors (Lipinski definition) is 1. The third-order valence-electron chi connectivity index (χ3n) is 4.73. The first kappa shape index (κ1) is 19.6. The third kappa shape index (κ3) is 3.61. The Balaban J connectivity index is 1.85. The van der Waals surface area contributed by atoms with Gasteiger partial charge in [-0.1, -0.05) is 0 Å². The number of nitrogens with one attached hydrogen (secondary N) is 1. The Kier molecular flexibility index (Phi) is 4.65.